The van der Waals surface area contributed by atoms with E-state index in [-0.39, 0.29) is 5.41 Å². The van der Waals surface area contributed by atoms with E-state index in [0.29, 0.717) is 0 Å². The third kappa shape index (κ3) is 5.07. The summed E-state index contributed by atoms with van der Waals surface area (Å²) >= 11 is 0. The maximum atomic E-state index is 6.41. The van der Waals surface area contributed by atoms with Crippen LogP contribution < -0.4 is 16.0 Å². The van der Waals surface area contributed by atoms with Crippen LogP contribution in [0, 0.1) is 12.3 Å². The minimum Gasteiger partial charge on any atom is -0.454 e. The first-order chi connectivity index (χ1) is 13.2. The van der Waals surface area contributed by atoms with E-state index in [1.165, 1.54) is 11.1 Å². The number of furan rings is 1. The lowest BCUT2D eigenvalue weighted by Gasteiger charge is -2.21. The van der Waals surface area contributed by atoms with Crippen LogP contribution in [0.1, 0.15) is 72.3 Å². The molecule has 28 heavy (non-hydrogen) atoms. The van der Waals surface area contributed by atoms with Crippen molar-refractivity contribution in [3.8, 4) is 0 Å². The number of nitrogens with one attached hydrogen (secondary N) is 1. The lowest BCUT2D eigenvalue weighted by Crippen LogP contribution is -2.26. The Balaban J connectivity index is 0.00000190. The highest BCUT2D eigenvalue weighted by Crippen LogP contribution is 2.34. The van der Waals surface area contributed by atoms with E-state index in [4.69, 9.17) is 4.42 Å². The van der Waals surface area contributed by atoms with Crippen LogP contribution in [0.3, 0.4) is 0 Å². The summed E-state index contributed by atoms with van der Waals surface area (Å²) in [5.41, 5.74) is 6.38. The number of rotatable bonds is 4. The van der Waals surface area contributed by atoms with Crippen molar-refractivity contribution >= 4 is 29.1 Å². The molecular formula is C26H37NO. The van der Waals surface area contributed by atoms with Gasteiger partial charge in [0.05, 0.1) is 5.70 Å². The van der Waals surface area contributed by atoms with Gasteiger partial charge in [-0.1, -0.05) is 77.6 Å². The normalized spacial score (nSPS) is 13.6. The molecule has 2 aromatic rings. The Kier molecular flexibility index (Phi) is 8.56. The molecule has 0 unspecified atom stereocenters. The van der Waals surface area contributed by atoms with E-state index in [2.05, 4.69) is 77.7 Å². The van der Waals surface area contributed by atoms with Gasteiger partial charge in [0.15, 0.2) is 5.42 Å². The van der Waals surface area contributed by atoms with Gasteiger partial charge in [-0.3, -0.25) is 0 Å². The van der Waals surface area contributed by atoms with Crippen molar-refractivity contribution in [2.24, 2.45) is 5.41 Å². The highest BCUT2D eigenvalue weighted by molar-refractivity contribution is 5.75. The van der Waals surface area contributed by atoms with Gasteiger partial charge in [0.2, 0.25) is 0 Å². The highest BCUT2D eigenvalue weighted by atomic mass is 16.3. The minimum atomic E-state index is -0.00992. The third-order valence-corrected chi connectivity index (χ3v) is 4.63. The molecule has 0 bridgehead atoms. The van der Waals surface area contributed by atoms with Gasteiger partial charge in [-0.25, -0.2) is 0 Å². The summed E-state index contributed by atoms with van der Waals surface area (Å²) in [6.45, 7) is 22.9. The number of aryl methyl sites for hydroxylation is 1. The van der Waals surface area contributed by atoms with Crippen molar-refractivity contribution < 1.29 is 4.42 Å². The molecule has 0 amide bonds. The Morgan fingerprint density at radius 2 is 1.71 bits per heavy atom. The second-order valence-corrected chi connectivity index (χ2v) is 7.60. The SMILES string of the molecule is C=Cc1c(/C(=C\C)C(C)(C)C)oc(=C(/C)Nc2ccccc2C)/c1=C\C.CC. The molecule has 0 saturated heterocycles. The van der Waals surface area contributed by atoms with Gasteiger partial charge in [0.25, 0.3) is 0 Å². The molecule has 0 radical (unpaired) electrons. The average Bonchev–Trinajstić information content (AvgIpc) is 3.03. The lowest BCUT2D eigenvalue weighted by atomic mass is 9.83. The van der Waals surface area contributed by atoms with Gasteiger partial charge in [-0.2, -0.15) is 0 Å². The van der Waals surface area contributed by atoms with Crippen LogP contribution in [0.4, 0.5) is 5.69 Å². The largest absolute Gasteiger partial charge is 0.454 e. The molecule has 2 nitrogen and oxygen atoms in total. The van der Waals surface area contributed by atoms with Crippen molar-refractivity contribution in [1.29, 1.82) is 0 Å². The Bertz CT molecular complexity index is 949. The van der Waals surface area contributed by atoms with Crippen molar-refractivity contribution in [2.75, 3.05) is 5.32 Å². The average molecular weight is 380 g/mol. The first-order valence-corrected chi connectivity index (χ1v) is 10.2. The molecule has 0 saturated carbocycles. The van der Waals surface area contributed by atoms with Crippen molar-refractivity contribution in [2.45, 2.75) is 62.3 Å². The Morgan fingerprint density at radius 3 is 2.18 bits per heavy atom. The molecule has 1 N–H and O–H groups in total. The second kappa shape index (κ2) is 10.2. The summed E-state index contributed by atoms with van der Waals surface area (Å²) in [6.07, 6.45) is 6.13. The Hall–Kier alpha value is -2.48. The number of allylic oxidation sites excluding steroid dienone is 2. The van der Waals surface area contributed by atoms with Gasteiger partial charge in [0, 0.05) is 16.5 Å². The monoisotopic (exact) mass is 379 g/mol. The molecule has 0 fully saturated rings. The third-order valence-electron chi connectivity index (χ3n) is 4.63. The van der Waals surface area contributed by atoms with Gasteiger partial charge in [-0.15, -0.1) is 0 Å². The van der Waals surface area contributed by atoms with Crippen molar-refractivity contribution in [1.82, 2.24) is 0 Å². The molecule has 0 spiro atoms. The number of hydrogen-bond donors (Lipinski definition) is 1. The van der Waals surface area contributed by atoms with Crippen LogP contribution in [-0.2, 0) is 0 Å². The fourth-order valence-electron chi connectivity index (χ4n) is 3.30. The summed E-state index contributed by atoms with van der Waals surface area (Å²) in [7, 11) is 0. The van der Waals surface area contributed by atoms with Crippen molar-refractivity contribution in [3.63, 3.8) is 0 Å². The predicted molar refractivity (Wildman–Crippen MR) is 127 cm³/mol. The molecule has 1 aromatic heterocycles. The van der Waals surface area contributed by atoms with Gasteiger partial charge >= 0.3 is 0 Å². The maximum absolute atomic E-state index is 6.41. The summed E-state index contributed by atoms with van der Waals surface area (Å²) in [5.74, 6) is 0.907. The standard InChI is InChI=1S/C24H31NO.C2H6/c1-9-18-19(10-2)23(20(11-3)24(6,7)8)26-22(18)17(5)25-21-15-13-12-14-16(21)4;1-2/h9-15,25H,2H2,1,3-8H3;1-2H3/b18-9-,20-11+,22-17-;. The number of benzene rings is 1. The van der Waals surface area contributed by atoms with E-state index in [1.54, 1.807) is 0 Å². The van der Waals surface area contributed by atoms with E-state index in [1.807, 2.05) is 39.0 Å². The Labute approximate surface area is 171 Å². The fourth-order valence-corrected chi connectivity index (χ4v) is 3.30. The van der Waals surface area contributed by atoms with Crippen LogP contribution in [0.15, 0.2) is 41.3 Å². The van der Waals surface area contributed by atoms with Crippen LogP contribution in [0.25, 0.3) is 23.4 Å². The predicted octanol–water partition coefficient (Wildman–Crippen LogP) is 6.75. The molecule has 0 aliphatic carbocycles. The molecule has 0 aliphatic heterocycles. The minimum absolute atomic E-state index is 0.00992. The zero-order chi connectivity index (χ0) is 21.5. The van der Waals surface area contributed by atoms with Gasteiger partial charge in [0.1, 0.15) is 5.76 Å². The first kappa shape index (κ1) is 23.6. The molecule has 2 rings (SSSR count). The van der Waals surface area contributed by atoms with Crippen LogP contribution in [-0.4, -0.2) is 0 Å². The first-order valence-electron chi connectivity index (χ1n) is 10.2. The van der Waals surface area contributed by atoms with E-state index >= 15 is 0 Å². The number of hydrogen-bond acceptors (Lipinski definition) is 2. The highest BCUT2D eigenvalue weighted by Gasteiger charge is 2.24. The summed E-state index contributed by atoms with van der Waals surface area (Å²) < 4.78 is 6.41. The molecule has 0 aliphatic rings. The number of para-hydroxylation sites is 1. The Morgan fingerprint density at radius 1 is 1.11 bits per heavy atom. The molecule has 1 aromatic carbocycles. The van der Waals surface area contributed by atoms with Gasteiger partial charge < -0.3 is 9.73 Å². The lowest BCUT2D eigenvalue weighted by molar-refractivity contribution is 0.482. The summed E-state index contributed by atoms with van der Waals surface area (Å²) in [5, 5.41) is 4.59. The molecule has 2 heteroatoms. The topological polar surface area (TPSA) is 25.2 Å². The summed E-state index contributed by atoms with van der Waals surface area (Å²) in [6, 6.07) is 8.26. The van der Waals surface area contributed by atoms with E-state index in [9.17, 15) is 0 Å². The fraction of sp³-hybridized carbons (Fsp3) is 0.385. The quantitative estimate of drug-likeness (QED) is 0.636. The zero-order valence-corrected chi connectivity index (χ0v) is 19.2. The second-order valence-electron chi connectivity index (χ2n) is 7.60. The smallest absolute Gasteiger partial charge is 0.154 e. The molecule has 0 atom stereocenters. The molecule has 1 heterocycles. The van der Waals surface area contributed by atoms with E-state index in [0.717, 1.165) is 33.3 Å². The summed E-state index contributed by atoms with van der Waals surface area (Å²) in [4.78, 5) is 0. The molecular weight excluding hydrogens is 342 g/mol. The van der Waals surface area contributed by atoms with E-state index < -0.39 is 0 Å². The van der Waals surface area contributed by atoms with Crippen LogP contribution in [0.2, 0.25) is 0 Å². The maximum Gasteiger partial charge on any atom is 0.154 e. The molecule has 152 valence electrons. The number of anilines is 1. The van der Waals surface area contributed by atoms with Crippen molar-refractivity contribution in [3.05, 3.63) is 64.4 Å². The van der Waals surface area contributed by atoms with Crippen LogP contribution >= 0.6 is 0 Å². The van der Waals surface area contributed by atoms with Crippen LogP contribution in [0.5, 0.6) is 0 Å². The zero-order valence-electron chi connectivity index (χ0n) is 19.2. The van der Waals surface area contributed by atoms with Gasteiger partial charge in [-0.05, 0) is 50.3 Å².